The summed E-state index contributed by atoms with van der Waals surface area (Å²) in [6.45, 7) is 0.842. The highest BCUT2D eigenvalue weighted by atomic mass is 31.2. The van der Waals surface area contributed by atoms with Gasteiger partial charge in [0.1, 0.15) is 6.61 Å². The summed E-state index contributed by atoms with van der Waals surface area (Å²) < 4.78 is 48.6. The Hall–Kier alpha value is -0.0200. The minimum Gasteiger partial charge on any atom is -0.319 e. The van der Waals surface area contributed by atoms with E-state index in [0.29, 0.717) is 0 Å². The molecule has 0 aromatic carbocycles. The van der Waals surface area contributed by atoms with Crippen LogP contribution in [0.3, 0.4) is 0 Å². The third-order valence-electron chi connectivity index (χ3n) is 0.539. The van der Waals surface area contributed by atoms with Gasteiger partial charge < -0.3 is 4.52 Å². The van der Waals surface area contributed by atoms with Crippen LogP contribution in [0.2, 0.25) is 0 Å². The molecule has 0 aliphatic heterocycles. The molecular formula is C4H8F3O2P. The van der Waals surface area contributed by atoms with Crippen molar-refractivity contribution in [2.24, 2.45) is 0 Å². The zero-order valence-corrected chi connectivity index (χ0v) is 6.50. The highest BCUT2D eigenvalue weighted by Gasteiger charge is 2.29. The third kappa shape index (κ3) is 7.98. The van der Waals surface area contributed by atoms with E-state index in [9.17, 15) is 17.7 Å². The van der Waals surface area contributed by atoms with E-state index in [4.69, 9.17) is 0 Å². The maximum atomic E-state index is 11.3. The minimum atomic E-state index is -4.39. The Morgan fingerprint density at radius 1 is 1.40 bits per heavy atom. The van der Waals surface area contributed by atoms with Gasteiger partial charge in [0.2, 0.25) is 0 Å². The second-order valence-electron chi connectivity index (χ2n) is 2.14. The number of alkyl halides is 3. The molecule has 0 N–H and O–H groups in total. The van der Waals surface area contributed by atoms with Crippen LogP contribution in [0.1, 0.15) is 0 Å². The van der Waals surface area contributed by atoms with E-state index in [1.807, 2.05) is 0 Å². The molecule has 0 saturated heterocycles. The van der Waals surface area contributed by atoms with Crippen molar-refractivity contribution in [2.45, 2.75) is 6.18 Å². The van der Waals surface area contributed by atoms with Crippen LogP contribution >= 0.6 is 7.37 Å². The van der Waals surface area contributed by atoms with Crippen LogP contribution in [0.5, 0.6) is 0 Å². The van der Waals surface area contributed by atoms with Crippen LogP contribution in [0.4, 0.5) is 13.2 Å². The molecule has 0 aromatic heterocycles. The standard InChI is InChI=1S/C4H8F3O2P/c1-10(2,8)9-3-4(5,6)7/h3H2,1-2H3. The van der Waals surface area contributed by atoms with Crippen molar-refractivity contribution in [3.05, 3.63) is 0 Å². The van der Waals surface area contributed by atoms with Crippen LogP contribution in [0.25, 0.3) is 0 Å². The minimum absolute atomic E-state index is 1.14. The molecule has 0 unspecified atom stereocenters. The molecule has 2 nitrogen and oxygen atoms in total. The Bertz CT molecular complexity index is 147. The van der Waals surface area contributed by atoms with Gasteiger partial charge in [-0.15, -0.1) is 0 Å². The van der Waals surface area contributed by atoms with Gasteiger partial charge in [-0.3, -0.25) is 4.57 Å². The predicted molar refractivity (Wildman–Crippen MR) is 31.5 cm³/mol. The smallest absolute Gasteiger partial charge is 0.319 e. The topological polar surface area (TPSA) is 26.3 Å². The molecule has 0 rings (SSSR count). The van der Waals surface area contributed by atoms with Crippen molar-refractivity contribution >= 4 is 7.37 Å². The summed E-state index contributed by atoms with van der Waals surface area (Å²) in [5, 5.41) is 0. The molecule has 0 atom stereocenters. The van der Waals surface area contributed by atoms with E-state index in [2.05, 4.69) is 4.52 Å². The normalized spacial score (nSPS) is 13.7. The second kappa shape index (κ2) is 2.93. The van der Waals surface area contributed by atoms with E-state index < -0.39 is 20.2 Å². The zero-order valence-electron chi connectivity index (χ0n) is 5.60. The summed E-state index contributed by atoms with van der Waals surface area (Å²) in [5.41, 5.74) is 0. The SMILES string of the molecule is CP(C)(=O)OCC(F)(F)F. The molecule has 62 valence electrons. The van der Waals surface area contributed by atoms with Gasteiger partial charge in [-0.25, -0.2) is 0 Å². The van der Waals surface area contributed by atoms with Gasteiger partial charge >= 0.3 is 6.18 Å². The summed E-state index contributed by atoms with van der Waals surface area (Å²) in [6, 6.07) is 0. The van der Waals surface area contributed by atoms with Crippen LogP contribution in [-0.4, -0.2) is 26.1 Å². The molecule has 0 aromatic rings. The van der Waals surface area contributed by atoms with E-state index >= 15 is 0 Å². The number of hydrogen-bond acceptors (Lipinski definition) is 2. The Morgan fingerprint density at radius 3 is 1.90 bits per heavy atom. The average molecular weight is 176 g/mol. The Labute approximate surface area is 56.8 Å². The molecule has 6 heteroatoms. The van der Waals surface area contributed by atoms with Gasteiger partial charge in [-0.05, 0) is 0 Å². The molecule has 0 amide bonds. The van der Waals surface area contributed by atoms with E-state index in [1.54, 1.807) is 0 Å². The summed E-state index contributed by atoms with van der Waals surface area (Å²) in [6.07, 6.45) is -4.39. The molecule has 10 heavy (non-hydrogen) atoms. The van der Waals surface area contributed by atoms with Crippen molar-refractivity contribution in [2.75, 3.05) is 19.9 Å². The molecule has 0 fully saturated rings. The Kier molecular flexibility index (Phi) is 2.92. The van der Waals surface area contributed by atoms with Crippen molar-refractivity contribution in [1.82, 2.24) is 0 Å². The number of rotatable bonds is 2. The lowest BCUT2D eigenvalue weighted by Gasteiger charge is -2.09. The number of halogens is 3. The lowest BCUT2D eigenvalue weighted by Crippen LogP contribution is -2.15. The maximum absolute atomic E-state index is 11.3. The molecule has 0 aliphatic carbocycles. The Morgan fingerprint density at radius 2 is 1.80 bits per heavy atom. The molecule has 0 aliphatic rings. The van der Waals surface area contributed by atoms with Gasteiger partial charge in [-0.2, -0.15) is 13.2 Å². The summed E-state index contributed by atoms with van der Waals surface area (Å²) in [4.78, 5) is 0. The highest BCUT2D eigenvalue weighted by molar-refractivity contribution is 7.57. The van der Waals surface area contributed by atoms with Gasteiger partial charge in [0.25, 0.3) is 0 Å². The summed E-state index contributed by atoms with van der Waals surface area (Å²) >= 11 is 0. The first-order chi connectivity index (χ1) is 4.21. The van der Waals surface area contributed by atoms with Crippen molar-refractivity contribution in [3.63, 3.8) is 0 Å². The lowest BCUT2D eigenvalue weighted by molar-refractivity contribution is -0.153. The predicted octanol–water partition coefficient (Wildman–Crippen LogP) is 2.10. The summed E-state index contributed by atoms with van der Waals surface area (Å²) in [7, 11) is -2.98. The zero-order chi connectivity index (χ0) is 8.41. The van der Waals surface area contributed by atoms with E-state index in [0.717, 1.165) is 13.3 Å². The molecule has 0 radical (unpaired) electrons. The fourth-order valence-electron chi connectivity index (χ4n) is 0.229. The van der Waals surface area contributed by atoms with Crippen molar-refractivity contribution in [1.29, 1.82) is 0 Å². The van der Waals surface area contributed by atoms with Crippen molar-refractivity contribution in [3.8, 4) is 0 Å². The van der Waals surface area contributed by atoms with Gasteiger partial charge in [0, 0.05) is 13.3 Å². The lowest BCUT2D eigenvalue weighted by atomic mass is 10.7. The first kappa shape index (κ1) is 9.98. The molecular weight excluding hydrogens is 168 g/mol. The molecule has 0 saturated carbocycles. The fraction of sp³-hybridized carbons (Fsp3) is 1.00. The van der Waals surface area contributed by atoms with E-state index in [-0.39, 0.29) is 0 Å². The fourth-order valence-corrected chi connectivity index (χ4v) is 0.686. The molecule has 0 heterocycles. The quantitative estimate of drug-likeness (QED) is 0.602. The largest absolute Gasteiger partial charge is 0.412 e. The van der Waals surface area contributed by atoms with Crippen LogP contribution in [-0.2, 0) is 9.09 Å². The second-order valence-corrected chi connectivity index (χ2v) is 4.90. The van der Waals surface area contributed by atoms with Gasteiger partial charge in [-0.1, -0.05) is 0 Å². The van der Waals surface area contributed by atoms with E-state index in [1.165, 1.54) is 0 Å². The van der Waals surface area contributed by atoms with Crippen LogP contribution in [0.15, 0.2) is 0 Å². The first-order valence-electron chi connectivity index (χ1n) is 2.47. The molecule has 0 spiro atoms. The molecule has 0 bridgehead atoms. The van der Waals surface area contributed by atoms with Gasteiger partial charge in [0.05, 0.1) is 0 Å². The Balaban J connectivity index is 3.67. The first-order valence-corrected chi connectivity index (χ1v) is 4.99. The maximum Gasteiger partial charge on any atom is 0.412 e. The highest BCUT2D eigenvalue weighted by Crippen LogP contribution is 2.38. The average Bonchev–Trinajstić information content (AvgIpc) is 1.57. The monoisotopic (exact) mass is 176 g/mol. The summed E-state index contributed by atoms with van der Waals surface area (Å²) in [5.74, 6) is 0. The number of hydrogen-bond donors (Lipinski definition) is 0. The third-order valence-corrected chi connectivity index (χ3v) is 1.29. The van der Waals surface area contributed by atoms with Gasteiger partial charge in [0.15, 0.2) is 7.37 Å². The van der Waals surface area contributed by atoms with Crippen LogP contribution < -0.4 is 0 Å². The van der Waals surface area contributed by atoms with Crippen LogP contribution in [0, 0.1) is 0 Å². The van der Waals surface area contributed by atoms with Crippen molar-refractivity contribution < 1.29 is 22.3 Å².